The van der Waals surface area contributed by atoms with Crippen LogP contribution in [0.15, 0.2) is 43.0 Å². The van der Waals surface area contributed by atoms with Crippen LogP contribution in [0.3, 0.4) is 0 Å². The van der Waals surface area contributed by atoms with Gasteiger partial charge < -0.3 is 0 Å². The molecule has 0 amide bonds. The smallest absolute Gasteiger partial charge is 0.233 e. The van der Waals surface area contributed by atoms with Crippen LogP contribution in [0, 0.1) is 0 Å². The van der Waals surface area contributed by atoms with Crippen LogP contribution >= 0.6 is 0 Å². The van der Waals surface area contributed by atoms with E-state index in [0.29, 0.717) is 5.92 Å². The first kappa shape index (κ1) is 11.2. The predicted molar refractivity (Wildman–Crippen MR) is 80.0 cm³/mol. The van der Waals surface area contributed by atoms with Gasteiger partial charge in [0, 0.05) is 53.9 Å². The molecule has 4 nitrogen and oxygen atoms in total. The summed E-state index contributed by atoms with van der Waals surface area (Å²) in [7, 11) is 0. The van der Waals surface area contributed by atoms with E-state index in [1.54, 1.807) is 6.20 Å². The molecule has 3 aromatic rings. The monoisotopic (exact) mass is 274 g/mol. The summed E-state index contributed by atoms with van der Waals surface area (Å²) in [5, 5.41) is 0. The third-order valence-electron chi connectivity index (χ3n) is 4.34. The second kappa shape index (κ2) is 4.01. The lowest BCUT2D eigenvalue weighted by atomic mass is 10.0. The molecule has 2 aliphatic carbocycles. The Morgan fingerprint density at radius 3 is 3.00 bits per heavy atom. The van der Waals surface area contributed by atoms with Gasteiger partial charge in [0.15, 0.2) is 0 Å². The summed E-state index contributed by atoms with van der Waals surface area (Å²) in [6.45, 7) is 0. The van der Waals surface area contributed by atoms with Crippen molar-refractivity contribution in [3.8, 4) is 0 Å². The molecule has 0 aliphatic heterocycles. The van der Waals surface area contributed by atoms with Gasteiger partial charge in [0.1, 0.15) is 0 Å². The summed E-state index contributed by atoms with van der Waals surface area (Å²) in [4.78, 5) is 13.4. The second-order valence-corrected chi connectivity index (χ2v) is 5.80. The van der Waals surface area contributed by atoms with Crippen LogP contribution in [0.4, 0.5) is 0 Å². The van der Waals surface area contributed by atoms with Crippen molar-refractivity contribution in [2.75, 3.05) is 0 Å². The Balaban J connectivity index is 1.59. The van der Waals surface area contributed by atoms with Crippen LogP contribution in [-0.4, -0.2) is 19.4 Å². The van der Waals surface area contributed by atoms with E-state index in [0.717, 1.165) is 17.8 Å². The van der Waals surface area contributed by atoms with E-state index in [4.69, 9.17) is 4.98 Å². The van der Waals surface area contributed by atoms with Gasteiger partial charge in [-0.15, -0.1) is 0 Å². The lowest BCUT2D eigenvalue weighted by Gasteiger charge is -2.07. The summed E-state index contributed by atoms with van der Waals surface area (Å²) >= 11 is 0. The lowest BCUT2D eigenvalue weighted by Crippen LogP contribution is -1.96. The number of imidazole rings is 1. The maximum atomic E-state index is 4.85. The van der Waals surface area contributed by atoms with Crippen LogP contribution in [0.5, 0.6) is 0 Å². The van der Waals surface area contributed by atoms with Gasteiger partial charge in [-0.2, -0.15) is 0 Å². The van der Waals surface area contributed by atoms with Crippen molar-refractivity contribution < 1.29 is 0 Å². The number of hydrogen-bond donors (Lipinski definition) is 0. The second-order valence-electron chi connectivity index (χ2n) is 5.80. The maximum Gasteiger partial charge on any atom is 0.233 e. The first-order valence-electron chi connectivity index (χ1n) is 7.38. The quantitative estimate of drug-likeness (QED) is 0.721. The highest BCUT2D eigenvalue weighted by molar-refractivity contribution is 5.83. The molecule has 102 valence electrons. The van der Waals surface area contributed by atoms with Gasteiger partial charge in [-0.25, -0.2) is 9.97 Å². The number of aromatic nitrogens is 4. The van der Waals surface area contributed by atoms with Crippen molar-refractivity contribution in [2.24, 2.45) is 0 Å². The zero-order chi connectivity index (χ0) is 13.8. The number of hydrogen-bond acceptors (Lipinski definition) is 3. The molecule has 0 saturated heterocycles. The number of pyridine rings is 1. The fourth-order valence-electron chi connectivity index (χ4n) is 3.06. The van der Waals surface area contributed by atoms with Gasteiger partial charge in [-0.1, -0.05) is 12.1 Å². The van der Waals surface area contributed by atoms with Gasteiger partial charge in [0.25, 0.3) is 0 Å². The summed E-state index contributed by atoms with van der Waals surface area (Å²) in [6.07, 6.45) is 13.5. The van der Waals surface area contributed by atoms with Crippen LogP contribution in [0.2, 0.25) is 0 Å². The normalized spacial score (nSPS) is 17.0. The standard InChI is InChI=1S/C17H14N4/c1-2-11(1)15-5-4-14-13(3-6-16(14)20-15)12-9-19-17-18-7-8-21(17)10-12/h3-5,7-11H,1-2,6H2. The summed E-state index contributed by atoms with van der Waals surface area (Å²) in [6, 6.07) is 4.42. The molecule has 3 aromatic heterocycles. The van der Waals surface area contributed by atoms with Gasteiger partial charge in [0.2, 0.25) is 5.78 Å². The van der Waals surface area contributed by atoms with Gasteiger partial charge in [-0.05, 0) is 24.5 Å². The van der Waals surface area contributed by atoms with Gasteiger partial charge >= 0.3 is 0 Å². The molecule has 0 bridgehead atoms. The zero-order valence-corrected chi connectivity index (χ0v) is 11.5. The number of fused-ring (bicyclic) bond motifs is 2. The molecule has 2 aliphatic rings. The highest BCUT2D eigenvalue weighted by Crippen LogP contribution is 2.40. The fourth-order valence-corrected chi connectivity index (χ4v) is 3.06. The number of nitrogens with zero attached hydrogens (tertiary/aromatic N) is 4. The molecule has 0 atom stereocenters. The molecule has 0 unspecified atom stereocenters. The first-order chi connectivity index (χ1) is 10.4. The van der Waals surface area contributed by atoms with Crippen molar-refractivity contribution >= 4 is 11.4 Å². The minimum absolute atomic E-state index is 0.711. The topological polar surface area (TPSA) is 43.1 Å². The highest BCUT2D eigenvalue weighted by Gasteiger charge is 2.27. The summed E-state index contributed by atoms with van der Waals surface area (Å²) < 4.78 is 1.96. The molecule has 0 spiro atoms. The minimum atomic E-state index is 0.711. The Bertz CT molecular complexity index is 887. The van der Waals surface area contributed by atoms with E-state index < -0.39 is 0 Å². The summed E-state index contributed by atoms with van der Waals surface area (Å²) in [5.74, 6) is 1.45. The Labute approximate surface area is 122 Å². The molecular weight excluding hydrogens is 260 g/mol. The van der Waals surface area contributed by atoms with Crippen LogP contribution in [0.25, 0.3) is 11.4 Å². The lowest BCUT2D eigenvalue weighted by molar-refractivity contribution is 0.977. The largest absolute Gasteiger partial charge is 0.291 e. The highest BCUT2D eigenvalue weighted by atomic mass is 15.1. The van der Waals surface area contributed by atoms with E-state index in [1.807, 2.05) is 16.8 Å². The molecule has 0 N–H and O–H groups in total. The van der Waals surface area contributed by atoms with E-state index in [2.05, 4.69) is 34.4 Å². The molecule has 21 heavy (non-hydrogen) atoms. The average Bonchev–Trinajstić information content (AvgIpc) is 3.11. The van der Waals surface area contributed by atoms with Gasteiger partial charge in [0.05, 0.1) is 5.69 Å². The fraction of sp³-hybridized carbons (Fsp3) is 0.235. The molecule has 1 saturated carbocycles. The van der Waals surface area contributed by atoms with Crippen molar-refractivity contribution in [3.05, 3.63) is 65.5 Å². The van der Waals surface area contributed by atoms with Gasteiger partial charge in [-0.3, -0.25) is 9.38 Å². The van der Waals surface area contributed by atoms with Crippen molar-refractivity contribution in [2.45, 2.75) is 25.2 Å². The predicted octanol–water partition coefficient (Wildman–Crippen LogP) is 2.99. The van der Waals surface area contributed by atoms with Crippen LogP contribution < -0.4 is 0 Å². The Kier molecular flexibility index (Phi) is 2.14. The van der Waals surface area contributed by atoms with Crippen LogP contribution in [0.1, 0.15) is 41.3 Å². The molecule has 1 fully saturated rings. The van der Waals surface area contributed by atoms with E-state index in [-0.39, 0.29) is 0 Å². The zero-order valence-electron chi connectivity index (χ0n) is 11.5. The van der Waals surface area contributed by atoms with Crippen molar-refractivity contribution in [1.29, 1.82) is 0 Å². The molecule has 0 aromatic carbocycles. The first-order valence-corrected chi connectivity index (χ1v) is 7.38. The van der Waals surface area contributed by atoms with E-state index in [9.17, 15) is 0 Å². The average molecular weight is 274 g/mol. The molecule has 5 rings (SSSR count). The third kappa shape index (κ3) is 1.72. The van der Waals surface area contributed by atoms with Crippen LogP contribution in [-0.2, 0) is 6.42 Å². The summed E-state index contributed by atoms with van der Waals surface area (Å²) in [5.41, 5.74) is 6.09. The SMILES string of the molecule is C1=C(c2cnc3nccn3c2)c2ccc(C3CC3)nc2C1. The maximum absolute atomic E-state index is 4.85. The number of allylic oxidation sites excluding steroid dienone is 1. The number of rotatable bonds is 2. The molecule has 3 heterocycles. The molecule has 0 radical (unpaired) electrons. The van der Waals surface area contributed by atoms with Crippen molar-refractivity contribution in [3.63, 3.8) is 0 Å². The van der Waals surface area contributed by atoms with E-state index in [1.165, 1.54) is 35.4 Å². The minimum Gasteiger partial charge on any atom is -0.291 e. The van der Waals surface area contributed by atoms with Crippen molar-refractivity contribution in [1.82, 2.24) is 19.4 Å². The third-order valence-corrected chi connectivity index (χ3v) is 4.34. The van der Waals surface area contributed by atoms with E-state index >= 15 is 0 Å². The Morgan fingerprint density at radius 2 is 2.10 bits per heavy atom. The molecule has 4 heteroatoms. The Morgan fingerprint density at radius 1 is 1.14 bits per heavy atom. The molecular formula is C17H14N4. The Hall–Kier alpha value is -2.49.